The van der Waals surface area contributed by atoms with E-state index in [9.17, 15) is 6.17 Å². The van der Waals surface area contributed by atoms with Crippen molar-refractivity contribution in [3.8, 4) is 11.5 Å². The first-order chi connectivity index (χ1) is 15.1. The maximum Gasteiger partial charge on any atom is 0.211 e. The van der Waals surface area contributed by atoms with Gasteiger partial charge in [0.1, 0.15) is 0 Å². The predicted octanol–water partition coefficient (Wildman–Crippen LogP) is 1.05. The number of hydrogen-bond acceptors (Lipinski definition) is 5. The topological polar surface area (TPSA) is 59.0 Å². The van der Waals surface area contributed by atoms with Gasteiger partial charge in [0.05, 0.1) is 23.6 Å². The highest BCUT2D eigenvalue weighted by molar-refractivity contribution is 5.90. The maximum atomic E-state index is 13.2. The summed E-state index contributed by atoms with van der Waals surface area (Å²) in [6.07, 6.45) is -6.55. The van der Waals surface area contributed by atoms with Crippen molar-refractivity contribution in [1.29, 1.82) is 1.43 Å². The molecular weight excluding hydrogens is 294 g/mol. The van der Waals surface area contributed by atoms with Gasteiger partial charge in [-0.2, -0.15) is 0 Å². The number of carbonyl (C=O) groups excluding carboxylic acids is 1. The van der Waals surface area contributed by atoms with E-state index in [0.717, 1.165) is 0 Å². The molecule has 0 radical (unpaired) electrons. The molecule has 2 bridgehead atoms. The SMILES string of the molecule is [2H]O[C@@]12CCC(=O)C3([2H])Oc4c(OC)c([2H])c([2H])c5c4[C@@]31CCN(C([2H])([2H])[2H])[C@]2([2H])C5([2H])[2H]. The first-order valence-corrected chi connectivity index (χ1v) is 7.50. The second-order valence-corrected chi connectivity index (χ2v) is 6.32. The summed E-state index contributed by atoms with van der Waals surface area (Å²) >= 11 is 0. The lowest BCUT2D eigenvalue weighted by molar-refractivity contribution is -0.185. The monoisotopic (exact) mass is 325 g/mol. The van der Waals surface area contributed by atoms with Crippen molar-refractivity contribution in [3.63, 3.8) is 0 Å². The molecule has 5 rings (SSSR count). The minimum Gasteiger partial charge on any atom is -0.493 e. The second-order valence-electron chi connectivity index (χ2n) is 6.32. The largest absolute Gasteiger partial charge is 0.493 e. The number of rotatable bonds is 2. The third-order valence-electron chi connectivity index (χ3n) is 5.46. The van der Waals surface area contributed by atoms with Crippen LogP contribution in [0.3, 0.4) is 0 Å². The Labute approximate surface area is 149 Å². The van der Waals surface area contributed by atoms with Crippen LogP contribution >= 0.6 is 0 Å². The van der Waals surface area contributed by atoms with Crippen molar-refractivity contribution in [2.45, 2.75) is 48.7 Å². The lowest BCUT2D eigenvalue weighted by Gasteiger charge is -2.62. The van der Waals surface area contributed by atoms with Crippen LogP contribution in [0.25, 0.3) is 0 Å². The normalized spacial score (nSPS) is 56.0. The van der Waals surface area contributed by atoms with Crippen molar-refractivity contribution in [1.82, 2.24) is 4.90 Å². The van der Waals surface area contributed by atoms with Gasteiger partial charge in [-0.3, -0.25) is 4.79 Å². The highest BCUT2D eigenvalue weighted by Crippen LogP contribution is 2.64. The van der Waals surface area contributed by atoms with Crippen LogP contribution in [0.4, 0.5) is 0 Å². The number of hydrogen-bond donors (Lipinski definition) is 1. The van der Waals surface area contributed by atoms with E-state index >= 15 is 0 Å². The van der Waals surface area contributed by atoms with E-state index in [4.69, 9.17) is 27.0 Å². The number of Topliss-reactive ketones (excluding diaryl/α,β-unsaturated/α-hetero) is 1. The molecule has 2 heterocycles. The molecule has 23 heavy (non-hydrogen) atoms. The fraction of sp³-hybridized carbons (Fsp3) is 0.611. The Kier molecular flexibility index (Phi) is 1.26. The molecule has 4 aliphatic rings. The Morgan fingerprint density at radius 2 is 2.57 bits per heavy atom. The summed E-state index contributed by atoms with van der Waals surface area (Å²) < 4.78 is 96.7. The molecule has 1 aromatic rings. The Morgan fingerprint density at radius 3 is 3.35 bits per heavy atom. The smallest absolute Gasteiger partial charge is 0.211 e. The second kappa shape index (κ2) is 4.08. The van der Waals surface area contributed by atoms with E-state index in [1.54, 1.807) is 0 Å². The van der Waals surface area contributed by atoms with Crippen LogP contribution in [0.2, 0.25) is 0 Å². The Balaban J connectivity index is 2.05. The summed E-state index contributed by atoms with van der Waals surface area (Å²) in [5, 5.41) is 5.15. The van der Waals surface area contributed by atoms with Crippen LogP contribution in [0.15, 0.2) is 12.1 Å². The summed E-state index contributed by atoms with van der Waals surface area (Å²) in [6, 6.07) is -4.10. The number of ketones is 1. The maximum absolute atomic E-state index is 13.2. The van der Waals surface area contributed by atoms with Crippen molar-refractivity contribution in [3.05, 3.63) is 23.2 Å². The molecule has 4 atom stereocenters. The van der Waals surface area contributed by atoms with Gasteiger partial charge < -0.3 is 19.5 Å². The van der Waals surface area contributed by atoms with Crippen LogP contribution in [-0.2, 0) is 16.6 Å². The third kappa shape index (κ3) is 1.32. The summed E-state index contributed by atoms with van der Waals surface area (Å²) in [5.74, 6) is -1.25. The van der Waals surface area contributed by atoms with Gasteiger partial charge in [0.15, 0.2) is 23.4 Å². The number of likely N-dealkylation sites (N-methyl/N-ethyl adjacent to an activating group) is 1. The van der Waals surface area contributed by atoms with E-state index in [0.29, 0.717) is 4.90 Å². The molecular formula is C18H21NO4. The molecule has 1 unspecified atom stereocenters. The number of likely N-dealkylation sites (tertiary alicyclic amines) is 1. The average molecular weight is 325 g/mol. The molecule has 1 spiro atoms. The summed E-state index contributed by atoms with van der Waals surface area (Å²) in [5.41, 5.74) is -4.91. The molecule has 122 valence electrons. The van der Waals surface area contributed by atoms with Crippen LogP contribution in [-0.4, -0.2) is 55.6 Å². The van der Waals surface area contributed by atoms with Gasteiger partial charge in [-0.15, -0.1) is 0 Å². The quantitative estimate of drug-likeness (QED) is 0.881. The number of ether oxygens (including phenoxy) is 2. The molecule has 5 heteroatoms. The molecule has 2 aliphatic heterocycles. The lowest BCUT2D eigenvalue weighted by Crippen LogP contribution is -2.76. The van der Waals surface area contributed by atoms with Gasteiger partial charge in [-0.25, -0.2) is 0 Å². The molecule has 2 fully saturated rings. The molecule has 2 aliphatic carbocycles. The Morgan fingerprint density at radius 1 is 1.65 bits per heavy atom. The van der Waals surface area contributed by atoms with Gasteiger partial charge in [0, 0.05) is 24.9 Å². The number of carbonyl (C=O) groups is 1. The first-order valence-electron chi connectivity index (χ1n) is 12.4. The van der Waals surface area contributed by atoms with Gasteiger partial charge in [0.2, 0.25) is 1.43 Å². The molecule has 1 aromatic carbocycles. The summed E-state index contributed by atoms with van der Waals surface area (Å²) in [4.78, 5) is 13.8. The van der Waals surface area contributed by atoms with Crippen LogP contribution in [0.1, 0.15) is 42.7 Å². The fourth-order valence-electron chi connectivity index (χ4n) is 4.46. The van der Waals surface area contributed by atoms with E-state index in [-0.39, 0.29) is 23.5 Å². The highest BCUT2D eigenvalue weighted by atomic mass is 16.5. The van der Waals surface area contributed by atoms with Crippen molar-refractivity contribution in [2.24, 2.45) is 0 Å². The number of methoxy groups -OCH3 is 1. The van der Waals surface area contributed by atoms with Crippen molar-refractivity contribution < 1.29 is 31.7 Å². The minimum absolute atomic E-state index is 0.117. The van der Waals surface area contributed by atoms with Gasteiger partial charge >= 0.3 is 0 Å². The standard InChI is InChI=1S/C18H21NO4/c1-19-8-7-17-14-10-3-4-12(22-2)15(14)23-16(17)11(20)5-6-18(17,21)13(19)9-10/h3-4,13,16,21H,5-9H2,1-2H3/t13-,16?,17+,18-/m1/s1/i1D3,3D,4D,9D2,13D,16D,21D. The average Bonchev–Trinajstić information content (AvgIpc) is 2.98. The van der Waals surface area contributed by atoms with E-state index in [2.05, 4.69) is 0 Å². The highest BCUT2D eigenvalue weighted by Gasteiger charge is 2.72. The predicted molar refractivity (Wildman–Crippen MR) is 83.0 cm³/mol. The third-order valence-corrected chi connectivity index (χ3v) is 5.46. The van der Waals surface area contributed by atoms with E-state index < -0.39 is 79.3 Å². The van der Waals surface area contributed by atoms with Gasteiger partial charge in [-0.05, 0) is 44.3 Å². The first kappa shape index (κ1) is 7.11. The minimum atomic E-state index is -2.99. The summed E-state index contributed by atoms with van der Waals surface area (Å²) in [6.45, 7) is -3.41. The zero-order valence-corrected chi connectivity index (χ0v) is 12.4. The number of piperidine rings is 1. The van der Waals surface area contributed by atoms with Crippen molar-refractivity contribution in [2.75, 3.05) is 20.6 Å². The molecule has 1 saturated carbocycles. The fourth-order valence-corrected chi connectivity index (χ4v) is 4.46. The number of aliphatic hydroxyl groups is 1. The van der Waals surface area contributed by atoms with Crippen molar-refractivity contribution >= 4 is 5.78 Å². The van der Waals surface area contributed by atoms with Crippen LogP contribution in [0.5, 0.6) is 11.5 Å². The van der Waals surface area contributed by atoms with Crippen LogP contribution < -0.4 is 9.47 Å². The van der Waals surface area contributed by atoms with Gasteiger partial charge in [-0.1, -0.05) is 6.04 Å². The van der Waals surface area contributed by atoms with E-state index in [1.165, 1.54) is 7.11 Å². The Hall–Kier alpha value is -1.59. The number of benzene rings is 1. The lowest BCUT2D eigenvalue weighted by atomic mass is 9.49. The molecule has 5 nitrogen and oxygen atoms in total. The van der Waals surface area contributed by atoms with E-state index in [1.807, 2.05) is 0 Å². The molecule has 1 N–H and O–H groups in total. The molecule has 1 saturated heterocycles. The molecule has 0 amide bonds. The van der Waals surface area contributed by atoms with Gasteiger partial charge in [0.25, 0.3) is 0 Å². The van der Waals surface area contributed by atoms with Crippen LogP contribution in [0, 0.1) is 0 Å². The summed E-state index contributed by atoms with van der Waals surface area (Å²) in [7, 11) is 1.20. The number of nitrogens with zero attached hydrogens (tertiary/aromatic N) is 1. The molecule has 0 aromatic heterocycles. The zero-order chi connectivity index (χ0) is 24.6. The zero-order valence-electron chi connectivity index (χ0n) is 22.4. The Bertz CT molecular complexity index is 1110.